The van der Waals surface area contributed by atoms with Gasteiger partial charge >= 0.3 is 0 Å². The summed E-state index contributed by atoms with van der Waals surface area (Å²) in [5.74, 6) is -1.55. The van der Waals surface area contributed by atoms with Gasteiger partial charge in [0.1, 0.15) is 17.3 Å². The monoisotopic (exact) mass is 296 g/mol. The maximum atomic E-state index is 13.5. The summed E-state index contributed by atoms with van der Waals surface area (Å²) in [4.78, 5) is 14.0. The standard InChI is InChI=1S/C16H22F2N2O/c1-16(2,3)11-4-6-20(7-5-11)15(21)10-8-12(17)14(19)13(18)9-10/h8-9,11H,4-7,19H2,1-3H3. The number of rotatable bonds is 1. The van der Waals surface area contributed by atoms with Crippen LogP contribution in [0.2, 0.25) is 0 Å². The van der Waals surface area contributed by atoms with Crippen LogP contribution >= 0.6 is 0 Å². The maximum absolute atomic E-state index is 13.5. The Morgan fingerprint density at radius 1 is 1.19 bits per heavy atom. The molecule has 1 amide bonds. The smallest absolute Gasteiger partial charge is 0.254 e. The molecule has 5 heteroatoms. The van der Waals surface area contributed by atoms with Crippen molar-refractivity contribution in [2.75, 3.05) is 18.8 Å². The minimum Gasteiger partial charge on any atom is -0.394 e. The molecule has 2 N–H and O–H groups in total. The van der Waals surface area contributed by atoms with Crippen molar-refractivity contribution in [3.8, 4) is 0 Å². The van der Waals surface area contributed by atoms with Crippen LogP contribution in [0.15, 0.2) is 12.1 Å². The highest BCUT2D eigenvalue weighted by Gasteiger charge is 2.31. The molecule has 1 fully saturated rings. The van der Waals surface area contributed by atoms with Crippen molar-refractivity contribution in [1.29, 1.82) is 0 Å². The van der Waals surface area contributed by atoms with Gasteiger partial charge in [-0.3, -0.25) is 4.79 Å². The second kappa shape index (κ2) is 5.62. The Balaban J connectivity index is 2.09. The third kappa shape index (κ3) is 3.34. The van der Waals surface area contributed by atoms with E-state index in [4.69, 9.17) is 5.73 Å². The van der Waals surface area contributed by atoms with Crippen LogP contribution in [0.1, 0.15) is 44.0 Å². The SMILES string of the molecule is CC(C)(C)C1CCN(C(=O)c2cc(F)c(N)c(F)c2)CC1. The summed E-state index contributed by atoms with van der Waals surface area (Å²) in [7, 11) is 0. The quantitative estimate of drug-likeness (QED) is 0.807. The van der Waals surface area contributed by atoms with Gasteiger partial charge in [-0.15, -0.1) is 0 Å². The number of benzene rings is 1. The molecule has 21 heavy (non-hydrogen) atoms. The average Bonchev–Trinajstić information content (AvgIpc) is 2.42. The molecule has 1 aliphatic heterocycles. The van der Waals surface area contributed by atoms with E-state index in [1.807, 2.05) is 0 Å². The summed E-state index contributed by atoms with van der Waals surface area (Å²) >= 11 is 0. The third-order valence-electron chi connectivity index (χ3n) is 4.33. The number of halogens is 2. The number of carbonyl (C=O) groups is 1. The van der Waals surface area contributed by atoms with Gasteiger partial charge in [0.05, 0.1) is 0 Å². The highest BCUT2D eigenvalue weighted by molar-refractivity contribution is 5.94. The van der Waals surface area contributed by atoms with E-state index in [0.29, 0.717) is 19.0 Å². The van der Waals surface area contributed by atoms with Crippen molar-refractivity contribution in [3.05, 3.63) is 29.3 Å². The Bertz CT molecular complexity index is 521. The Morgan fingerprint density at radius 2 is 1.67 bits per heavy atom. The van der Waals surface area contributed by atoms with Crippen LogP contribution in [-0.2, 0) is 0 Å². The minimum atomic E-state index is -0.886. The van der Waals surface area contributed by atoms with E-state index >= 15 is 0 Å². The molecule has 0 spiro atoms. The first-order valence-corrected chi connectivity index (χ1v) is 7.24. The molecule has 0 unspecified atom stereocenters. The Hall–Kier alpha value is -1.65. The topological polar surface area (TPSA) is 46.3 Å². The molecule has 1 aromatic rings. The molecule has 0 bridgehead atoms. The van der Waals surface area contributed by atoms with E-state index in [-0.39, 0.29) is 16.9 Å². The molecular formula is C16H22F2N2O. The van der Waals surface area contributed by atoms with Gasteiger partial charge in [-0.25, -0.2) is 8.78 Å². The number of nitrogens with two attached hydrogens (primary N) is 1. The number of likely N-dealkylation sites (tertiary alicyclic amines) is 1. The van der Waals surface area contributed by atoms with Gasteiger partial charge in [0.2, 0.25) is 0 Å². The number of anilines is 1. The summed E-state index contributed by atoms with van der Waals surface area (Å²) in [6, 6.07) is 2.02. The van der Waals surface area contributed by atoms with E-state index < -0.39 is 17.3 Å². The fraction of sp³-hybridized carbons (Fsp3) is 0.562. The molecule has 1 saturated heterocycles. The Labute approximate surface area is 124 Å². The van der Waals surface area contributed by atoms with Crippen LogP contribution in [0.25, 0.3) is 0 Å². The van der Waals surface area contributed by atoms with Crippen molar-refractivity contribution in [2.45, 2.75) is 33.6 Å². The van der Waals surface area contributed by atoms with Gasteiger partial charge in [0.15, 0.2) is 0 Å². The predicted octanol–water partition coefficient (Wildman–Crippen LogP) is 3.45. The summed E-state index contributed by atoms with van der Waals surface area (Å²) < 4.78 is 26.9. The normalized spacial score (nSPS) is 17.1. The highest BCUT2D eigenvalue weighted by atomic mass is 19.1. The highest BCUT2D eigenvalue weighted by Crippen LogP contribution is 2.34. The number of nitrogens with zero attached hydrogens (tertiary/aromatic N) is 1. The molecule has 0 saturated carbocycles. The Morgan fingerprint density at radius 3 is 2.10 bits per heavy atom. The predicted molar refractivity (Wildman–Crippen MR) is 78.9 cm³/mol. The van der Waals surface area contributed by atoms with Gasteiger partial charge in [-0.05, 0) is 36.3 Å². The lowest BCUT2D eigenvalue weighted by Gasteiger charge is -2.38. The summed E-state index contributed by atoms with van der Waals surface area (Å²) in [6.07, 6.45) is 1.82. The number of amides is 1. The fourth-order valence-corrected chi connectivity index (χ4v) is 2.84. The average molecular weight is 296 g/mol. The number of nitrogen functional groups attached to an aromatic ring is 1. The fourth-order valence-electron chi connectivity index (χ4n) is 2.84. The largest absolute Gasteiger partial charge is 0.394 e. The first kappa shape index (κ1) is 15.7. The van der Waals surface area contributed by atoms with Crippen LogP contribution in [0, 0.1) is 23.0 Å². The number of carbonyl (C=O) groups excluding carboxylic acids is 1. The van der Waals surface area contributed by atoms with Crippen LogP contribution in [0.4, 0.5) is 14.5 Å². The second-order valence-electron chi connectivity index (χ2n) is 6.79. The van der Waals surface area contributed by atoms with Gasteiger partial charge in [0.25, 0.3) is 5.91 Å². The van der Waals surface area contributed by atoms with Crippen LogP contribution < -0.4 is 5.73 Å². The molecule has 0 radical (unpaired) electrons. The second-order valence-corrected chi connectivity index (χ2v) is 6.79. The molecule has 1 aliphatic rings. The molecule has 0 aliphatic carbocycles. The van der Waals surface area contributed by atoms with Crippen molar-refractivity contribution in [3.63, 3.8) is 0 Å². The van der Waals surface area contributed by atoms with Gasteiger partial charge in [-0.1, -0.05) is 20.8 Å². The van der Waals surface area contributed by atoms with Crippen molar-refractivity contribution < 1.29 is 13.6 Å². The van der Waals surface area contributed by atoms with Gasteiger partial charge in [-0.2, -0.15) is 0 Å². The first-order chi connectivity index (χ1) is 9.70. The number of hydrogen-bond donors (Lipinski definition) is 1. The maximum Gasteiger partial charge on any atom is 0.254 e. The molecule has 3 nitrogen and oxygen atoms in total. The molecule has 2 rings (SSSR count). The molecule has 116 valence electrons. The molecule has 0 aromatic heterocycles. The lowest BCUT2D eigenvalue weighted by Crippen LogP contribution is -2.41. The summed E-state index contributed by atoms with van der Waals surface area (Å²) in [6.45, 7) is 7.82. The van der Waals surface area contributed by atoms with E-state index in [9.17, 15) is 13.6 Å². The van der Waals surface area contributed by atoms with E-state index in [0.717, 1.165) is 25.0 Å². The zero-order valence-corrected chi connectivity index (χ0v) is 12.7. The number of hydrogen-bond acceptors (Lipinski definition) is 2. The Kier molecular flexibility index (Phi) is 4.21. The van der Waals surface area contributed by atoms with Gasteiger partial charge in [0, 0.05) is 18.7 Å². The molecule has 1 heterocycles. The molecule has 0 atom stereocenters. The zero-order valence-electron chi connectivity index (χ0n) is 12.7. The summed E-state index contributed by atoms with van der Waals surface area (Å²) in [5.41, 5.74) is 4.92. The van der Waals surface area contributed by atoms with Crippen molar-refractivity contribution in [1.82, 2.24) is 4.90 Å². The zero-order chi connectivity index (χ0) is 15.8. The molecule has 1 aromatic carbocycles. The van der Waals surface area contributed by atoms with E-state index in [2.05, 4.69) is 20.8 Å². The lowest BCUT2D eigenvalue weighted by molar-refractivity contribution is 0.0608. The van der Waals surface area contributed by atoms with Crippen molar-refractivity contribution >= 4 is 11.6 Å². The number of piperidine rings is 1. The van der Waals surface area contributed by atoms with Crippen LogP contribution in [0.5, 0.6) is 0 Å². The van der Waals surface area contributed by atoms with Crippen LogP contribution in [-0.4, -0.2) is 23.9 Å². The third-order valence-corrected chi connectivity index (χ3v) is 4.33. The van der Waals surface area contributed by atoms with Crippen LogP contribution in [0.3, 0.4) is 0 Å². The molecular weight excluding hydrogens is 274 g/mol. The first-order valence-electron chi connectivity index (χ1n) is 7.24. The summed E-state index contributed by atoms with van der Waals surface area (Å²) in [5, 5.41) is 0. The van der Waals surface area contributed by atoms with E-state index in [1.54, 1.807) is 4.90 Å². The van der Waals surface area contributed by atoms with E-state index in [1.165, 1.54) is 0 Å². The van der Waals surface area contributed by atoms with Gasteiger partial charge < -0.3 is 10.6 Å². The minimum absolute atomic E-state index is 0.0217. The lowest BCUT2D eigenvalue weighted by atomic mass is 9.75. The van der Waals surface area contributed by atoms with Crippen molar-refractivity contribution in [2.24, 2.45) is 11.3 Å².